The monoisotopic (exact) mass is 355 g/mol. The fourth-order valence-corrected chi connectivity index (χ4v) is 3.19. The summed E-state index contributed by atoms with van der Waals surface area (Å²) in [6.45, 7) is 2.79. The van der Waals surface area contributed by atoms with Gasteiger partial charge < -0.3 is 10.3 Å². The predicted molar refractivity (Wildman–Crippen MR) is 84.7 cm³/mol. The summed E-state index contributed by atoms with van der Waals surface area (Å²) in [6, 6.07) is 8.11. The van der Waals surface area contributed by atoms with Crippen molar-refractivity contribution >= 4 is 27.7 Å². The van der Waals surface area contributed by atoms with E-state index in [1.807, 2.05) is 18.2 Å². The topological polar surface area (TPSA) is 64.9 Å². The number of hydrogen-bond acceptors (Lipinski definition) is 5. The second-order valence-corrected chi connectivity index (χ2v) is 6.47. The minimum atomic E-state index is 0.272. The van der Waals surface area contributed by atoms with E-state index in [4.69, 9.17) is 10.3 Å². The standard InChI is InChI=1S/C14H18BrN3OS/c1-10(5-4-8-16)14-17-13(18-19-14)9-20-12-7-3-2-6-11(12)15/h2-3,6-7,10H,4-5,8-9,16H2,1H3. The molecule has 0 amide bonds. The number of hydrogen-bond donors (Lipinski definition) is 1. The van der Waals surface area contributed by atoms with Crippen molar-refractivity contribution in [3.63, 3.8) is 0 Å². The maximum atomic E-state index is 5.51. The van der Waals surface area contributed by atoms with Gasteiger partial charge in [0.1, 0.15) is 0 Å². The Balaban J connectivity index is 1.91. The molecular weight excluding hydrogens is 338 g/mol. The third-order valence-electron chi connectivity index (χ3n) is 2.94. The van der Waals surface area contributed by atoms with E-state index in [1.165, 1.54) is 4.90 Å². The first-order valence-electron chi connectivity index (χ1n) is 6.60. The van der Waals surface area contributed by atoms with Gasteiger partial charge in [-0.15, -0.1) is 11.8 Å². The summed E-state index contributed by atoms with van der Waals surface area (Å²) in [5.74, 6) is 2.42. The summed E-state index contributed by atoms with van der Waals surface area (Å²) in [5.41, 5.74) is 5.51. The van der Waals surface area contributed by atoms with Gasteiger partial charge in [0.15, 0.2) is 5.82 Å². The van der Waals surface area contributed by atoms with Crippen LogP contribution in [0, 0.1) is 0 Å². The molecule has 1 unspecified atom stereocenters. The molecule has 0 aliphatic heterocycles. The molecular formula is C14H18BrN3OS. The molecule has 2 aromatic rings. The molecule has 0 fully saturated rings. The van der Waals surface area contributed by atoms with Gasteiger partial charge in [0.05, 0.1) is 5.75 Å². The first kappa shape index (κ1) is 15.5. The zero-order valence-corrected chi connectivity index (χ0v) is 13.8. The number of nitrogens with zero attached hydrogens (tertiary/aromatic N) is 2. The van der Waals surface area contributed by atoms with Crippen LogP contribution in [0.1, 0.15) is 37.4 Å². The smallest absolute Gasteiger partial charge is 0.229 e. The second-order valence-electron chi connectivity index (χ2n) is 4.60. The van der Waals surface area contributed by atoms with Gasteiger partial charge in [-0.05, 0) is 47.4 Å². The first-order valence-corrected chi connectivity index (χ1v) is 8.38. The van der Waals surface area contributed by atoms with Crippen molar-refractivity contribution < 1.29 is 4.52 Å². The number of benzene rings is 1. The molecule has 0 aliphatic carbocycles. The van der Waals surface area contributed by atoms with Crippen LogP contribution in [0.25, 0.3) is 0 Å². The summed E-state index contributed by atoms with van der Waals surface area (Å²) in [6.07, 6.45) is 1.96. The number of aromatic nitrogens is 2. The number of nitrogens with two attached hydrogens (primary N) is 1. The van der Waals surface area contributed by atoms with Crippen molar-refractivity contribution in [3.05, 3.63) is 40.5 Å². The Bertz CT molecular complexity index is 547. The third kappa shape index (κ3) is 4.33. The van der Waals surface area contributed by atoms with Crippen LogP contribution < -0.4 is 5.73 Å². The minimum Gasteiger partial charge on any atom is -0.339 e. The average Bonchev–Trinajstić information content (AvgIpc) is 2.93. The molecule has 0 spiro atoms. The molecule has 2 rings (SSSR count). The molecule has 4 nitrogen and oxygen atoms in total. The van der Waals surface area contributed by atoms with Gasteiger partial charge in [0, 0.05) is 15.3 Å². The fourth-order valence-electron chi connectivity index (χ4n) is 1.78. The van der Waals surface area contributed by atoms with Crippen LogP contribution in [0.4, 0.5) is 0 Å². The highest BCUT2D eigenvalue weighted by Crippen LogP contribution is 2.29. The lowest BCUT2D eigenvalue weighted by molar-refractivity contribution is 0.349. The van der Waals surface area contributed by atoms with Crippen LogP contribution in [0.15, 0.2) is 38.2 Å². The molecule has 1 aromatic carbocycles. The maximum absolute atomic E-state index is 5.51. The molecule has 0 radical (unpaired) electrons. The van der Waals surface area contributed by atoms with E-state index in [1.54, 1.807) is 11.8 Å². The lowest BCUT2D eigenvalue weighted by Crippen LogP contribution is -2.02. The Morgan fingerprint density at radius 3 is 2.95 bits per heavy atom. The van der Waals surface area contributed by atoms with Crippen molar-refractivity contribution in [2.75, 3.05) is 6.54 Å². The Kier molecular flexibility index (Phi) is 6.06. The van der Waals surface area contributed by atoms with E-state index in [-0.39, 0.29) is 5.92 Å². The number of rotatable bonds is 7. The molecule has 108 valence electrons. The molecule has 0 bridgehead atoms. The average molecular weight is 356 g/mol. The first-order chi connectivity index (χ1) is 9.70. The molecule has 1 aromatic heterocycles. The van der Waals surface area contributed by atoms with Gasteiger partial charge in [0.2, 0.25) is 5.89 Å². The molecule has 20 heavy (non-hydrogen) atoms. The highest BCUT2D eigenvalue weighted by molar-refractivity contribution is 9.10. The third-order valence-corrected chi connectivity index (χ3v) is 4.96. The van der Waals surface area contributed by atoms with Crippen LogP contribution in [0.5, 0.6) is 0 Å². The minimum absolute atomic E-state index is 0.272. The van der Waals surface area contributed by atoms with Gasteiger partial charge in [-0.25, -0.2) is 0 Å². The van der Waals surface area contributed by atoms with Crippen LogP contribution in [-0.2, 0) is 5.75 Å². The Morgan fingerprint density at radius 1 is 1.40 bits per heavy atom. The van der Waals surface area contributed by atoms with Crippen LogP contribution in [-0.4, -0.2) is 16.7 Å². The summed E-state index contributed by atoms with van der Waals surface area (Å²) in [5, 5.41) is 4.04. The maximum Gasteiger partial charge on any atom is 0.229 e. The quantitative estimate of drug-likeness (QED) is 0.761. The molecule has 1 heterocycles. The zero-order valence-electron chi connectivity index (χ0n) is 11.4. The van der Waals surface area contributed by atoms with Gasteiger partial charge in [-0.3, -0.25) is 0 Å². The van der Waals surface area contributed by atoms with Gasteiger partial charge >= 0.3 is 0 Å². The Labute approximate surface area is 131 Å². The molecule has 0 saturated heterocycles. The van der Waals surface area contributed by atoms with Crippen molar-refractivity contribution in [1.29, 1.82) is 0 Å². The predicted octanol–water partition coefficient (Wildman–Crippen LogP) is 3.97. The van der Waals surface area contributed by atoms with Crippen molar-refractivity contribution in [3.8, 4) is 0 Å². The number of thioether (sulfide) groups is 1. The summed E-state index contributed by atoms with van der Waals surface area (Å²) in [7, 11) is 0. The van der Waals surface area contributed by atoms with Crippen LogP contribution in [0.2, 0.25) is 0 Å². The molecule has 0 saturated carbocycles. The van der Waals surface area contributed by atoms with E-state index < -0.39 is 0 Å². The Morgan fingerprint density at radius 2 is 2.20 bits per heavy atom. The lowest BCUT2D eigenvalue weighted by atomic mass is 10.1. The van der Waals surface area contributed by atoms with Crippen LogP contribution >= 0.6 is 27.7 Å². The van der Waals surface area contributed by atoms with Crippen molar-refractivity contribution in [1.82, 2.24) is 10.1 Å². The van der Waals surface area contributed by atoms with Gasteiger partial charge in [-0.2, -0.15) is 4.98 Å². The van der Waals surface area contributed by atoms with Crippen LogP contribution in [0.3, 0.4) is 0 Å². The van der Waals surface area contributed by atoms with Crippen molar-refractivity contribution in [2.45, 2.75) is 36.3 Å². The highest BCUT2D eigenvalue weighted by Gasteiger charge is 2.14. The molecule has 2 N–H and O–H groups in total. The van der Waals surface area contributed by atoms with E-state index in [9.17, 15) is 0 Å². The van der Waals surface area contributed by atoms with Crippen molar-refractivity contribution in [2.24, 2.45) is 5.73 Å². The van der Waals surface area contributed by atoms with E-state index in [0.29, 0.717) is 18.2 Å². The highest BCUT2D eigenvalue weighted by atomic mass is 79.9. The van der Waals surface area contributed by atoms with Gasteiger partial charge in [-0.1, -0.05) is 24.2 Å². The molecule has 0 aliphatic rings. The normalized spacial score (nSPS) is 12.6. The second kappa shape index (κ2) is 7.81. The molecule has 1 atom stereocenters. The SMILES string of the molecule is CC(CCCN)c1nc(CSc2ccccc2Br)no1. The van der Waals surface area contributed by atoms with E-state index in [2.05, 4.69) is 39.1 Å². The zero-order chi connectivity index (χ0) is 14.4. The lowest BCUT2D eigenvalue weighted by Gasteiger charge is -2.03. The summed E-state index contributed by atoms with van der Waals surface area (Å²) in [4.78, 5) is 5.63. The summed E-state index contributed by atoms with van der Waals surface area (Å²) >= 11 is 5.22. The Hall–Kier alpha value is -0.850. The number of halogens is 1. The van der Waals surface area contributed by atoms with E-state index in [0.717, 1.165) is 23.1 Å². The van der Waals surface area contributed by atoms with Gasteiger partial charge in [0.25, 0.3) is 0 Å². The van der Waals surface area contributed by atoms with E-state index >= 15 is 0 Å². The summed E-state index contributed by atoms with van der Waals surface area (Å²) < 4.78 is 6.40. The largest absolute Gasteiger partial charge is 0.339 e. The fraction of sp³-hybridized carbons (Fsp3) is 0.429. The molecule has 6 heteroatoms.